The molecule has 2 atom stereocenters. The number of β-amino-alcohol motifs (C(OH)–C–C–N with tert-alkyl or cyclic N) is 2. The summed E-state index contributed by atoms with van der Waals surface area (Å²) in [5, 5.41) is 19.8. The van der Waals surface area contributed by atoms with Gasteiger partial charge in [0.15, 0.2) is 0 Å². The molecule has 1 saturated heterocycles. The Morgan fingerprint density at radius 1 is 1.38 bits per heavy atom. The molecule has 1 amide bonds. The van der Waals surface area contributed by atoms with Crippen LogP contribution in [-0.4, -0.2) is 59.1 Å². The number of amides is 1. The van der Waals surface area contributed by atoms with Gasteiger partial charge in [0.2, 0.25) is 5.60 Å². The first kappa shape index (κ1) is 15.3. The molecule has 1 fully saturated rings. The molecule has 0 aliphatic carbocycles. The summed E-state index contributed by atoms with van der Waals surface area (Å²) >= 11 is 0. The number of carbonyl (C=O) groups excluding carboxylic acids is 2. The number of esters is 1. The van der Waals surface area contributed by atoms with Gasteiger partial charge in [-0.1, -0.05) is 30.3 Å². The van der Waals surface area contributed by atoms with E-state index in [0.29, 0.717) is 0 Å². The number of ether oxygens (including phenoxy) is 2. The Morgan fingerprint density at radius 2 is 2.05 bits per heavy atom. The van der Waals surface area contributed by atoms with Gasteiger partial charge >= 0.3 is 12.1 Å². The van der Waals surface area contributed by atoms with Crippen molar-refractivity contribution in [1.82, 2.24) is 4.90 Å². The van der Waals surface area contributed by atoms with E-state index in [0.717, 1.165) is 17.6 Å². The molecule has 1 aliphatic rings. The first-order chi connectivity index (χ1) is 9.97. The fourth-order valence-electron chi connectivity index (χ4n) is 2.15. The third kappa shape index (κ3) is 3.14. The average molecular weight is 295 g/mol. The molecular weight excluding hydrogens is 278 g/mol. The van der Waals surface area contributed by atoms with Crippen LogP contribution in [0.1, 0.15) is 5.56 Å². The minimum absolute atomic E-state index is 0.0723. The normalized spacial score (nSPS) is 24.7. The van der Waals surface area contributed by atoms with E-state index in [1.165, 1.54) is 0 Å². The zero-order valence-electron chi connectivity index (χ0n) is 11.6. The Kier molecular flexibility index (Phi) is 4.44. The number of aliphatic hydroxyl groups excluding tert-OH is 1. The molecule has 114 valence electrons. The SMILES string of the molecule is COC(=O)[C@@]1(O)CN(C(=O)OCc2ccccc2)C[C@@H]1O. The van der Waals surface area contributed by atoms with Crippen molar-refractivity contribution < 1.29 is 29.3 Å². The highest BCUT2D eigenvalue weighted by molar-refractivity contribution is 5.82. The van der Waals surface area contributed by atoms with Gasteiger partial charge in [-0.25, -0.2) is 9.59 Å². The lowest BCUT2D eigenvalue weighted by Crippen LogP contribution is -2.50. The molecule has 1 aromatic carbocycles. The minimum atomic E-state index is -2.11. The summed E-state index contributed by atoms with van der Waals surface area (Å²) in [5.74, 6) is -0.978. The first-order valence-corrected chi connectivity index (χ1v) is 6.42. The van der Waals surface area contributed by atoms with Gasteiger partial charge in [0.25, 0.3) is 0 Å². The maximum absolute atomic E-state index is 11.9. The number of benzene rings is 1. The zero-order chi connectivity index (χ0) is 15.5. The quantitative estimate of drug-likeness (QED) is 0.756. The van der Waals surface area contributed by atoms with Crippen molar-refractivity contribution in [2.24, 2.45) is 0 Å². The fraction of sp³-hybridized carbons (Fsp3) is 0.429. The maximum atomic E-state index is 11.9. The van der Waals surface area contributed by atoms with Gasteiger partial charge < -0.3 is 24.6 Å². The predicted molar refractivity (Wildman–Crippen MR) is 71.2 cm³/mol. The number of rotatable bonds is 3. The molecule has 7 nitrogen and oxygen atoms in total. The monoisotopic (exact) mass is 295 g/mol. The number of aliphatic hydroxyl groups is 2. The number of likely N-dealkylation sites (tertiary alicyclic amines) is 1. The second kappa shape index (κ2) is 6.11. The van der Waals surface area contributed by atoms with E-state index in [4.69, 9.17) is 4.74 Å². The summed E-state index contributed by atoms with van der Waals surface area (Å²) in [7, 11) is 1.10. The van der Waals surface area contributed by atoms with Gasteiger partial charge in [-0.3, -0.25) is 0 Å². The lowest BCUT2D eigenvalue weighted by Gasteiger charge is -2.22. The Hall–Kier alpha value is -2.12. The molecule has 1 aliphatic heterocycles. The Labute approximate surface area is 121 Å². The van der Waals surface area contributed by atoms with Crippen LogP contribution in [-0.2, 0) is 20.9 Å². The van der Waals surface area contributed by atoms with Crippen LogP contribution in [0.5, 0.6) is 0 Å². The third-order valence-corrected chi connectivity index (χ3v) is 3.38. The zero-order valence-corrected chi connectivity index (χ0v) is 11.6. The molecule has 7 heteroatoms. The van der Waals surface area contributed by atoms with Crippen LogP contribution in [0, 0.1) is 0 Å². The van der Waals surface area contributed by atoms with Gasteiger partial charge in [0.05, 0.1) is 20.2 Å². The Morgan fingerprint density at radius 3 is 2.67 bits per heavy atom. The van der Waals surface area contributed by atoms with Crippen molar-refractivity contribution in [3.8, 4) is 0 Å². The second-order valence-corrected chi connectivity index (χ2v) is 4.85. The van der Waals surface area contributed by atoms with Gasteiger partial charge in [-0.05, 0) is 5.56 Å². The predicted octanol–water partition coefficient (Wildman–Crippen LogP) is -0.0962. The molecular formula is C14H17NO6. The van der Waals surface area contributed by atoms with Gasteiger partial charge in [-0.15, -0.1) is 0 Å². The smallest absolute Gasteiger partial charge is 0.410 e. The van der Waals surface area contributed by atoms with E-state index >= 15 is 0 Å². The summed E-state index contributed by atoms with van der Waals surface area (Å²) in [6.07, 6.45) is -2.12. The van der Waals surface area contributed by atoms with Crippen LogP contribution >= 0.6 is 0 Å². The van der Waals surface area contributed by atoms with Crippen molar-refractivity contribution in [3.05, 3.63) is 35.9 Å². The summed E-state index contributed by atoms with van der Waals surface area (Å²) in [4.78, 5) is 24.4. The van der Waals surface area contributed by atoms with Gasteiger partial charge in [0.1, 0.15) is 12.7 Å². The molecule has 0 radical (unpaired) electrons. The number of hydrogen-bond donors (Lipinski definition) is 2. The molecule has 1 heterocycles. The van der Waals surface area contributed by atoms with E-state index in [2.05, 4.69) is 4.74 Å². The number of nitrogens with zero attached hydrogens (tertiary/aromatic N) is 1. The molecule has 0 bridgehead atoms. The maximum Gasteiger partial charge on any atom is 0.410 e. The molecule has 0 aromatic heterocycles. The van der Waals surface area contributed by atoms with Crippen LogP contribution in [0.3, 0.4) is 0 Å². The van der Waals surface area contributed by atoms with Crippen molar-refractivity contribution >= 4 is 12.1 Å². The van der Waals surface area contributed by atoms with Crippen LogP contribution in [0.15, 0.2) is 30.3 Å². The number of methoxy groups -OCH3 is 1. The van der Waals surface area contributed by atoms with E-state index in [-0.39, 0.29) is 19.7 Å². The van der Waals surface area contributed by atoms with E-state index in [9.17, 15) is 19.8 Å². The molecule has 0 unspecified atom stereocenters. The lowest BCUT2D eigenvalue weighted by atomic mass is 10.0. The summed E-state index contributed by atoms with van der Waals surface area (Å²) in [6.45, 7) is -0.489. The molecule has 0 saturated carbocycles. The first-order valence-electron chi connectivity index (χ1n) is 6.42. The van der Waals surface area contributed by atoms with Crippen LogP contribution in [0.4, 0.5) is 4.79 Å². The Balaban J connectivity index is 1.94. The average Bonchev–Trinajstić information content (AvgIpc) is 2.82. The van der Waals surface area contributed by atoms with Crippen LogP contribution in [0.25, 0.3) is 0 Å². The molecule has 2 rings (SSSR count). The van der Waals surface area contributed by atoms with Crippen molar-refractivity contribution in [2.45, 2.75) is 18.3 Å². The van der Waals surface area contributed by atoms with E-state index in [1.807, 2.05) is 18.2 Å². The highest BCUT2D eigenvalue weighted by Crippen LogP contribution is 2.24. The van der Waals surface area contributed by atoms with Crippen LogP contribution in [0.2, 0.25) is 0 Å². The summed E-state index contributed by atoms with van der Waals surface area (Å²) in [6, 6.07) is 9.09. The van der Waals surface area contributed by atoms with Gasteiger partial charge in [-0.2, -0.15) is 0 Å². The molecule has 21 heavy (non-hydrogen) atoms. The Bertz CT molecular complexity index is 519. The summed E-state index contributed by atoms with van der Waals surface area (Å²) in [5.41, 5.74) is -1.30. The van der Waals surface area contributed by atoms with E-state index < -0.39 is 23.8 Å². The fourth-order valence-corrected chi connectivity index (χ4v) is 2.15. The summed E-state index contributed by atoms with van der Waals surface area (Å²) < 4.78 is 9.52. The van der Waals surface area contributed by atoms with Crippen molar-refractivity contribution in [2.75, 3.05) is 20.2 Å². The van der Waals surface area contributed by atoms with Crippen molar-refractivity contribution in [1.29, 1.82) is 0 Å². The topological polar surface area (TPSA) is 96.3 Å². The van der Waals surface area contributed by atoms with Crippen LogP contribution < -0.4 is 0 Å². The number of hydrogen-bond acceptors (Lipinski definition) is 6. The van der Waals surface area contributed by atoms with E-state index in [1.54, 1.807) is 12.1 Å². The largest absolute Gasteiger partial charge is 0.467 e. The molecule has 1 aromatic rings. The van der Waals surface area contributed by atoms with Gasteiger partial charge in [0, 0.05) is 0 Å². The van der Waals surface area contributed by atoms with Crippen molar-refractivity contribution in [3.63, 3.8) is 0 Å². The lowest BCUT2D eigenvalue weighted by molar-refractivity contribution is -0.169. The number of carbonyl (C=O) groups is 2. The second-order valence-electron chi connectivity index (χ2n) is 4.85. The highest BCUT2D eigenvalue weighted by Gasteiger charge is 2.53. The third-order valence-electron chi connectivity index (χ3n) is 3.38. The standard InChI is InChI=1S/C14H17NO6/c1-20-12(17)14(19)9-15(7-11(14)16)13(18)21-8-10-5-3-2-4-6-10/h2-6,11,16,19H,7-9H2,1H3/t11-,14+/m0/s1. The molecule has 0 spiro atoms. The highest BCUT2D eigenvalue weighted by atomic mass is 16.6. The minimum Gasteiger partial charge on any atom is -0.467 e. The molecule has 2 N–H and O–H groups in total.